The van der Waals surface area contributed by atoms with Crippen LogP contribution in [0, 0.1) is 0 Å². The topological polar surface area (TPSA) is 95.1 Å². The van der Waals surface area contributed by atoms with Crippen molar-refractivity contribution >= 4 is 11.8 Å². The SMILES string of the molecule is COc1cccc(C(=O)NCCCCCCCCNC(=O)c2cccc(OC)c2OC)c1OC. The third kappa shape index (κ3) is 7.57. The van der Waals surface area contributed by atoms with Crippen molar-refractivity contribution < 1.29 is 28.5 Å². The van der Waals surface area contributed by atoms with Gasteiger partial charge < -0.3 is 29.6 Å². The molecule has 2 amide bonds. The van der Waals surface area contributed by atoms with E-state index in [1.54, 1.807) is 50.6 Å². The van der Waals surface area contributed by atoms with Crippen LogP contribution in [0.15, 0.2) is 36.4 Å². The predicted molar refractivity (Wildman–Crippen MR) is 131 cm³/mol. The Morgan fingerprint density at radius 2 is 0.971 bits per heavy atom. The molecule has 0 atom stereocenters. The van der Waals surface area contributed by atoms with Gasteiger partial charge >= 0.3 is 0 Å². The Hall–Kier alpha value is -3.42. The van der Waals surface area contributed by atoms with Crippen LogP contribution in [-0.2, 0) is 0 Å². The first-order valence-corrected chi connectivity index (χ1v) is 11.6. The van der Waals surface area contributed by atoms with Gasteiger partial charge in [0, 0.05) is 13.1 Å². The number of nitrogens with one attached hydrogen (secondary N) is 2. The van der Waals surface area contributed by atoms with Crippen LogP contribution in [0.4, 0.5) is 0 Å². The molecule has 2 rings (SSSR count). The van der Waals surface area contributed by atoms with E-state index in [-0.39, 0.29) is 11.8 Å². The highest BCUT2D eigenvalue weighted by Gasteiger charge is 2.16. The van der Waals surface area contributed by atoms with Crippen molar-refractivity contribution in [3.05, 3.63) is 47.5 Å². The molecule has 0 aliphatic rings. The third-order valence-corrected chi connectivity index (χ3v) is 5.47. The monoisotopic (exact) mass is 472 g/mol. The van der Waals surface area contributed by atoms with E-state index in [1.807, 2.05) is 0 Å². The third-order valence-electron chi connectivity index (χ3n) is 5.47. The van der Waals surface area contributed by atoms with Crippen molar-refractivity contribution in [3.63, 3.8) is 0 Å². The number of carbonyl (C=O) groups excluding carboxylic acids is 2. The minimum atomic E-state index is -0.167. The van der Waals surface area contributed by atoms with Crippen LogP contribution in [0.2, 0.25) is 0 Å². The summed E-state index contributed by atoms with van der Waals surface area (Å²) >= 11 is 0. The highest BCUT2D eigenvalue weighted by molar-refractivity contribution is 5.98. The van der Waals surface area contributed by atoms with Gasteiger partial charge in [-0.2, -0.15) is 0 Å². The minimum Gasteiger partial charge on any atom is -0.493 e. The van der Waals surface area contributed by atoms with Crippen LogP contribution in [0.1, 0.15) is 59.2 Å². The first kappa shape index (κ1) is 26.8. The number of unbranched alkanes of at least 4 members (excludes halogenated alkanes) is 5. The van der Waals surface area contributed by atoms with Crippen LogP contribution >= 0.6 is 0 Å². The first-order valence-electron chi connectivity index (χ1n) is 11.6. The summed E-state index contributed by atoms with van der Waals surface area (Å²) < 4.78 is 21.1. The van der Waals surface area contributed by atoms with Gasteiger partial charge in [-0.15, -0.1) is 0 Å². The fourth-order valence-corrected chi connectivity index (χ4v) is 3.68. The highest BCUT2D eigenvalue weighted by Crippen LogP contribution is 2.31. The summed E-state index contributed by atoms with van der Waals surface area (Å²) in [7, 11) is 6.14. The number of benzene rings is 2. The van der Waals surface area contributed by atoms with Gasteiger partial charge in [-0.1, -0.05) is 37.8 Å². The molecule has 0 unspecified atom stereocenters. The second kappa shape index (κ2) is 14.7. The Morgan fingerprint density at radius 3 is 1.32 bits per heavy atom. The van der Waals surface area contributed by atoms with E-state index >= 15 is 0 Å². The molecule has 0 heterocycles. The van der Waals surface area contributed by atoms with Gasteiger partial charge in [-0.25, -0.2) is 0 Å². The van der Waals surface area contributed by atoms with E-state index in [0.29, 0.717) is 47.2 Å². The van der Waals surface area contributed by atoms with Crippen molar-refractivity contribution in [1.29, 1.82) is 0 Å². The largest absolute Gasteiger partial charge is 0.493 e. The van der Waals surface area contributed by atoms with Gasteiger partial charge in [0.2, 0.25) is 0 Å². The molecule has 2 aromatic carbocycles. The molecule has 2 N–H and O–H groups in total. The summed E-state index contributed by atoms with van der Waals surface area (Å²) in [5, 5.41) is 5.88. The predicted octanol–water partition coefficient (Wildman–Crippen LogP) is 4.22. The summed E-state index contributed by atoms with van der Waals surface area (Å²) in [5.41, 5.74) is 0.936. The van der Waals surface area contributed by atoms with Gasteiger partial charge in [0.1, 0.15) is 0 Å². The normalized spacial score (nSPS) is 10.4. The number of hydrogen-bond donors (Lipinski definition) is 2. The molecular formula is C26H36N2O6. The number of ether oxygens (including phenoxy) is 4. The van der Waals surface area contributed by atoms with Gasteiger partial charge in [0.05, 0.1) is 39.6 Å². The molecule has 0 spiro atoms. The fourth-order valence-electron chi connectivity index (χ4n) is 3.68. The lowest BCUT2D eigenvalue weighted by Gasteiger charge is -2.12. The van der Waals surface area contributed by atoms with E-state index in [9.17, 15) is 9.59 Å². The molecule has 34 heavy (non-hydrogen) atoms. The van der Waals surface area contributed by atoms with E-state index < -0.39 is 0 Å². The van der Waals surface area contributed by atoms with E-state index in [1.165, 1.54) is 14.2 Å². The molecule has 8 heteroatoms. The van der Waals surface area contributed by atoms with Gasteiger partial charge in [0.15, 0.2) is 23.0 Å². The Labute approximate surface area is 201 Å². The van der Waals surface area contributed by atoms with Gasteiger partial charge in [-0.05, 0) is 37.1 Å². The van der Waals surface area contributed by atoms with Crippen molar-refractivity contribution in [2.75, 3.05) is 41.5 Å². The molecule has 0 aliphatic carbocycles. The molecule has 186 valence electrons. The van der Waals surface area contributed by atoms with E-state index in [4.69, 9.17) is 18.9 Å². The molecule has 0 saturated heterocycles. The van der Waals surface area contributed by atoms with Crippen molar-refractivity contribution in [2.24, 2.45) is 0 Å². The zero-order valence-electron chi connectivity index (χ0n) is 20.6. The molecule has 2 aromatic rings. The summed E-state index contributed by atoms with van der Waals surface area (Å²) in [6.07, 6.45) is 6.03. The first-order chi connectivity index (χ1) is 16.6. The second-order valence-corrected chi connectivity index (χ2v) is 7.72. The number of amides is 2. The second-order valence-electron chi connectivity index (χ2n) is 7.72. The van der Waals surface area contributed by atoms with Crippen LogP contribution in [0.25, 0.3) is 0 Å². The van der Waals surface area contributed by atoms with Crippen LogP contribution < -0.4 is 29.6 Å². The summed E-state index contributed by atoms with van der Waals surface area (Å²) in [6, 6.07) is 10.5. The molecule has 0 fully saturated rings. The summed E-state index contributed by atoms with van der Waals surface area (Å²) in [6.45, 7) is 1.22. The smallest absolute Gasteiger partial charge is 0.255 e. The van der Waals surface area contributed by atoms with Crippen LogP contribution in [0.5, 0.6) is 23.0 Å². The van der Waals surface area contributed by atoms with Crippen molar-refractivity contribution in [2.45, 2.75) is 38.5 Å². The Bertz CT molecular complexity index is 856. The maximum absolute atomic E-state index is 12.4. The molecule has 0 aromatic heterocycles. The number of methoxy groups -OCH3 is 4. The van der Waals surface area contributed by atoms with Crippen LogP contribution in [-0.4, -0.2) is 53.3 Å². The maximum atomic E-state index is 12.4. The quantitative estimate of drug-likeness (QED) is 0.377. The Kier molecular flexibility index (Phi) is 11.6. The number of rotatable bonds is 15. The van der Waals surface area contributed by atoms with E-state index in [0.717, 1.165) is 38.5 Å². The summed E-state index contributed by atoms with van der Waals surface area (Å²) in [4.78, 5) is 24.9. The molecule has 0 bridgehead atoms. The zero-order chi connectivity index (χ0) is 24.8. The number of carbonyl (C=O) groups is 2. The number of para-hydroxylation sites is 2. The van der Waals surface area contributed by atoms with Crippen LogP contribution in [0.3, 0.4) is 0 Å². The van der Waals surface area contributed by atoms with Crippen molar-refractivity contribution in [1.82, 2.24) is 10.6 Å². The van der Waals surface area contributed by atoms with Gasteiger partial charge in [0.25, 0.3) is 11.8 Å². The average Bonchev–Trinajstić information content (AvgIpc) is 2.88. The maximum Gasteiger partial charge on any atom is 0.255 e. The fraction of sp³-hybridized carbons (Fsp3) is 0.462. The molecule has 0 saturated carbocycles. The van der Waals surface area contributed by atoms with Gasteiger partial charge in [-0.3, -0.25) is 9.59 Å². The van der Waals surface area contributed by atoms with Crippen molar-refractivity contribution in [3.8, 4) is 23.0 Å². The molecule has 0 aliphatic heterocycles. The van der Waals surface area contributed by atoms with E-state index in [2.05, 4.69) is 10.6 Å². The molecule has 8 nitrogen and oxygen atoms in total. The lowest BCUT2D eigenvalue weighted by Crippen LogP contribution is -2.25. The standard InChI is InChI=1S/C26H36N2O6/c1-31-21-15-11-13-19(23(21)33-3)25(29)27-17-9-7-5-6-8-10-18-28-26(30)20-14-12-16-22(32-2)24(20)34-4/h11-16H,5-10,17-18H2,1-4H3,(H,27,29)(H,28,30). The highest BCUT2D eigenvalue weighted by atomic mass is 16.5. The zero-order valence-corrected chi connectivity index (χ0v) is 20.6. The Balaban J connectivity index is 1.58. The molecule has 0 radical (unpaired) electrons. The minimum absolute atomic E-state index is 0.167. The lowest BCUT2D eigenvalue weighted by atomic mass is 10.1. The summed E-state index contributed by atoms with van der Waals surface area (Å²) in [5.74, 6) is 1.63. The number of hydrogen-bond acceptors (Lipinski definition) is 6. The average molecular weight is 473 g/mol. The Morgan fingerprint density at radius 1 is 0.588 bits per heavy atom. The molecular weight excluding hydrogens is 436 g/mol. The lowest BCUT2D eigenvalue weighted by molar-refractivity contribution is 0.0940.